The number of amides is 1. The number of pyridine rings is 1. The number of aromatic nitrogens is 1. The van der Waals surface area contributed by atoms with Gasteiger partial charge in [0.05, 0.1) is 6.54 Å². The first-order valence-electron chi connectivity index (χ1n) is 10.8. The van der Waals surface area contributed by atoms with Crippen molar-refractivity contribution >= 4 is 5.91 Å². The minimum Gasteiger partial charge on any atom is -0.455 e. The number of carbonyl (C=O) groups is 1. The third kappa shape index (κ3) is 4.92. The van der Waals surface area contributed by atoms with Gasteiger partial charge in [-0.25, -0.2) is 0 Å². The van der Waals surface area contributed by atoms with Crippen molar-refractivity contribution in [1.29, 1.82) is 0 Å². The maximum Gasteiger partial charge on any atom is 0.287 e. The van der Waals surface area contributed by atoms with E-state index in [0.29, 0.717) is 25.6 Å². The first-order valence-corrected chi connectivity index (χ1v) is 10.8. The average Bonchev–Trinajstić information content (AvgIpc) is 3.49. The number of piperazine rings is 1. The Morgan fingerprint density at radius 1 is 0.938 bits per heavy atom. The van der Waals surface area contributed by atoms with E-state index in [1.807, 2.05) is 24.3 Å². The van der Waals surface area contributed by atoms with E-state index in [2.05, 4.69) is 32.2 Å². The maximum absolute atomic E-state index is 12.3. The molecule has 2 aromatic heterocycles. The fourth-order valence-corrected chi connectivity index (χ4v) is 3.98. The summed E-state index contributed by atoms with van der Waals surface area (Å²) in [6.45, 7) is 6.19. The summed E-state index contributed by atoms with van der Waals surface area (Å²) in [5, 5.41) is 2.87. The van der Waals surface area contributed by atoms with E-state index in [-0.39, 0.29) is 5.91 Å². The van der Waals surface area contributed by atoms with Crippen LogP contribution in [0.1, 0.15) is 27.4 Å². The van der Waals surface area contributed by atoms with E-state index in [9.17, 15) is 4.79 Å². The standard InChI is InChI=1S/C24H26N4O4/c29-24(26-14-19-2-1-7-25-13-19)22-6-4-20(32-22)16-28-10-8-27(9-11-28)15-18-3-5-21-23(12-18)31-17-30-21/h1-7,12-13H,8-11,14-17H2,(H,26,29). The lowest BCUT2D eigenvalue weighted by Gasteiger charge is -2.34. The van der Waals surface area contributed by atoms with Gasteiger partial charge in [-0.2, -0.15) is 0 Å². The highest BCUT2D eigenvalue weighted by molar-refractivity contribution is 5.91. The van der Waals surface area contributed by atoms with Gasteiger partial charge in [-0.15, -0.1) is 0 Å². The molecule has 1 saturated heterocycles. The van der Waals surface area contributed by atoms with E-state index in [1.54, 1.807) is 18.5 Å². The Bertz CT molecular complexity index is 1060. The Labute approximate surface area is 186 Å². The Morgan fingerprint density at radius 3 is 2.56 bits per heavy atom. The summed E-state index contributed by atoms with van der Waals surface area (Å²) < 4.78 is 16.7. The molecule has 8 nitrogen and oxygen atoms in total. The maximum atomic E-state index is 12.3. The first kappa shape index (κ1) is 20.5. The molecule has 3 aromatic rings. The normalized spacial score (nSPS) is 16.2. The van der Waals surface area contributed by atoms with Crippen molar-refractivity contribution in [2.24, 2.45) is 0 Å². The van der Waals surface area contributed by atoms with Crippen LogP contribution in [0.4, 0.5) is 0 Å². The van der Waals surface area contributed by atoms with E-state index in [1.165, 1.54) is 5.56 Å². The minimum absolute atomic E-state index is 0.214. The van der Waals surface area contributed by atoms with Gasteiger partial charge in [-0.3, -0.25) is 19.6 Å². The summed E-state index contributed by atoms with van der Waals surface area (Å²) in [5.41, 5.74) is 2.18. The number of nitrogens with one attached hydrogen (secondary N) is 1. The topological polar surface area (TPSA) is 80.1 Å². The van der Waals surface area contributed by atoms with Crippen LogP contribution in [0.3, 0.4) is 0 Å². The molecule has 0 bridgehead atoms. The molecule has 2 aliphatic heterocycles. The van der Waals surface area contributed by atoms with Gasteiger partial charge in [0.1, 0.15) is 5.76 Å². The van der Waals surface area contributed by atoms with Crippen LogP contribution in [0.5, 0.6) is 11.5 Å². The largest absolute Gasteiger partial charge is 0.455 e. The van der Waals surface area contributed by atoms with Gasteiger partial charge in [0.15, 0.2) is 17.3 Å². The molecule has 1 aromatic carbocycles. The molecule has 0 spiro atoms. The number of benzene rings is 1. The molecular weight excluding hydrogens is 408 g/mol. The van der Waals surface area contributed by atoms with Gasteiger partial charge in [-0.1, -0.05) is 12.1 Å². The van der Waals surface area contributed by atoms with Crippen LogP contribution in [0.25, 0.3) is 0 Å². The highest BCUT2D eigenvalue weighted by Gasteiger charge is 2.20. The quantitative estimate of drug-likeness (QED) is 0.612. The predicted molar refractivity (Wildman–Crippen MR) is 117 cm³/mol. The lowest BCUT2D eigenvalue weighted by molar-refractivity contribution is 0.0912. The molecule has 1 amide bonds. The van der Waals surface area contributed by atoms with Crippen LogP contribution in [-0.2, 0) is 19.6 Å². The molecule has 2 aliphatic rings. The van der Waals surface area contributed by atoms with Crippen LogP contribution >= 0.6 is 0 Å². The number of nitrogens with zero attached hydrogens (tertiary/aromatic N) is 3. The first-order chi connectivity index (χ1) is 15.7. The lowest BCUT2D eigenvalue weighted by atomic mass is 10.1. The third-order valence-corrected chi connectivity index (χ3v) is 5.75. The molecule has 1 fully saturated rings. The molecule has 8 heteroatoms. The number of hydrogen-bond acceptors (Lipinski definition) is 7. The van der Waals surface area contributed by atoms with Gasteiger partial charge in [0, 0.05) is 51.7 Å². The van der Waals surface area contributed by atoms with Crippen LogP contribution < -0.4 is 14.8 Å². The molecule has 1 N–H and O–H groups in total. The molecule has 32 heavy (non-hydrogen) atoms. The van der Waals surface area contributed by atoms with Crippen molar-refractivity contribution in [2.45, 2.75) is 19.6 Å². The van der Waals surface area contributed by atoms with Crippen LogP contribution in [0.2, 0.25) is 0 Å². The number of carbonyl (C=O) groups excluding carboxylic acids is 1. The predicted octanol–water partition coefficient (Wildman–Crippen LogP) is 2.65. The summed E-state index contributed by atoms with van der Waals surface area (Å²) in [4.78, 5) is 21.2. The number of hydrogen-bond donors (Lipinski definition) is 1. The van der Waals surface area contributed by atoms with Gasteiger partial charge in [0.25, 0.3) is 5.91 Å². The zero-order valence-corrected chi connectivity index (χ0v) is 17.8. The van der Waals surface area contributed by atoms with E-state index < -0.39 is 0 Å². The van der Waals surface area contributed by atoms with Crippen molar-refractivity contribution < 1.29 is 18.7 Å². The zero-order chi connectivity index (χ0) is 21.8. The monoisotopic (exact) mass is 434 g/mol. The second-order valence-electron chi connectivity index (χ2n) is 8.05. The Balaban J connectivity index is 1.08. The van der Waals surface area contributed by atoms with Gasteiger partial charge in [-0.05, 0) is 41.5 Å². The summed E-state index contributed by atoms with van der Waals surface area (Å²) >= 11 is 0. The average molecular weight is 434 g/mol. The molecule has 166 valence electrons. The minimum atomic E-state index is -0.214. The van der Waals surface area contributed by atoms with Gasteiger partial charge >= 0.3 is 0 Å². The SMILES string of the molecule is O=C(NCc1cccnc1)c1ccc(CN2CCN(Cc3ccc4c(c3)OCO4)CC2)o1. The van der Waals surface area contributed by atoms with Crippen molar-refractivity contribution in [3.8, 4) is 11.5 Å². The number of fused-ring (bicyclic) bond motifs is 1. The highest BCUT2D eigenvalue weighted by Crippen LogP contribution is 2.32. The molecule has 5 rings (SSSR count). The summed E-state index contributed by atoms with van der Waals surface area (Å²) in [6, 6.07) is 13.5. The summed E-state index contributed by atoms with van der Waals surface area (Å²) in [7, 11) is 0. The third-order valence-electron chi connectivity index (χ3n) is 5.75. The fraction of sp³-hybridized carbons (Fsp3) is 0.333. The highest BCUT2D eigenvalue weighted by atomic mass is 16.7. The Hall–Kier alpha value is -3.36. The second kappa shape index (κ2) is 9.42. The van der Waals surface area contributed by atoms with Crippen LogP contribution in [0.15, 0.2) is 59.3 Å². The molecule has 0 atom stereocenters. The van der Waals surface area contributed by atoms with Crippen LogP contribution in [-0.4, -0.2) is 53.7 Å². The molecule has 4 heterocycles. The molecule has 0 radical (unpaired) electrons. The van der Waals surface area contributed by atoms with Crippen molar-refractivity contribution in [1.82, 2.24) is 20.1 Å². The fourth-order valence-electron chi connectivity index (χ4n) is 3.98. The smallest absolute Gasteiger partial charge is 0.287 e. The van der Waals surface area contributed by atoms with E-state index >= 15 is 0 Å². The Kier molecular flexibility index (Phi) is 6.04. The van der Waals surface area contributed by atoms with Crippen molar-refractivity contribution in [3.63, 3.8) is 0 Å². The van der Waals surface area contributed by atoms with E-state index in [0.717, 1.165) is 55.5 Å². The number of rotatable bonds is 7. The number of ether oxygens (including phenoxy) is 2. The van der Waals surface area contributed by atoms with Crippen LogP contribution in [0, 0.1) is 0 Å². The number of furan rings is 1. The van der Waals surface area contributed by atoms with Crippen molar-refractivity contribution in [2.75, 3.05) is 33.0 Å². The molecule has 0 unspecified atom stereocenters. The van der Waals surface area contributed by atoms with Gasteiger partial charge in [0.2, 0.25) is 6.79 Å². The Morgan fingerprint density at radius 2 is 1.75 bits per heavy atom. The van der Waals surface area contributed by atoms with Crippen molar-refractivity contribution in [3.05, 3.63) is 77.5 Å². The summed E-state index contributed by atoms with van der Waals surface area (Å²) in [5.74, 6) is 2.58. The molecule has 0 aliphatic carbocycles. The molecule has 0 saturated carbocycles. The van der Waals surface area contributed by atoms with E-state index in [4.69, 9.17) is 13.9 Å². The summed E-state index contributed by atoms with van der Waals surface area (Å²) in [6.07, 6.45) is 3.45. The molecular formula is C24H26N4O4. The van der Waals surface area contributed by atoms with Gasteiger partial charge < -0.3 is 19.2 Å². The zero-order valence-electron chi connectivity index (χ0n) is 17.8. The second-order valence-corrected chi connectivity index (χ2v) is 8.05. The lowest BCUT2D eigenvalue weighted by Crippen LogP contribution is -2.45.